The van der Waals surface area contributed by atoms with Gasteiger partial charge in [-0.3, -0.25) is 0 Å². The molecule has 1 saturated carbocycles. The summed E-state index contributed by atoms with van der Waals surface area (Å²) < 4.78 is 0. The highest BCUT2D eigenvalue weighted by atomic mass is 14.8. The third kappa shape index (κ3) is 2.77. The Bertz CT molecular complexity index is 398. The predicted molar refractivity (Wildman–Crippen MR) is 78.5 cm³/mol. The molecule has 1 fully saturated rings. The fourth-order valence-corrected chi connectivity index (χ4v) is 3.23. The largest absolute Gasteiger partial charge is 0.321 e. The number of benzene rings is 1. The van der Waals surface area contributed by atoms with Crippen LogP contribution in [-0.2, 0) is 12.0 Å². The molecule has 18 heavy (non-hydrogen) atoms. The van der Waals surface area contributed by atoms with E-state index in [4.69, 9.17) is 5.73 Å². The van der Waals surface area contributed by atoms with Crippen molar-refractivity contribution in [2.24, 2.45) is 17.6 Å². The van der Waals surface area contributed by atoms with Gasteiger partial charge in [-0.15, -0.1) is 0 Å². The summed E-state index contributed by atoms with van der Waals surface area (Å²) in [7, 11) is 0. The second kappa shape index (κ2) is 5.44. The number of rotatable bonds is 3. The van der Waals surface area contributed by atoms with E-state index in [9.17, 15) is 0 Å². The molecule has 100 valence electrons. The summed E-state index contributed by atoms with van der Waals surface area (Å²) in [6, 6.07) is 8.97. The lowest BCUT2D eigenvalue weighted by Crippen LogP contribution is -2.43. The molecule has 0 aromatic heterocycles. The second-order valence-electron chi connectivity index (χ2n) is 6.30. The zero-order valence-electron chi connectivity index (χ0n) is 12.1. The molecule has 0 heterocycles. The fourth-order valence-electron chi connectivity index (χ4n) is 3.23. The molecule has 2 N–H and O–H groups in total. The summed E-state index contributed by atoms with van der Waals surface area (Å²) in [6.45, 7) is 6.94. The van der Waals surface area contributed by atoms with Crippen molar-refractivity contribution in [2.45, 2.75) is 58.4 Å². The first-order valence-corrected chi connectivity index (χ1v) is 7.43. The zero-order valence-corrected chi connectivity index (χ0v) is 12.1. The topological polar surface area (TPSA) is 26.0 Å². The van der Waals surface area contributed by atoms with Crippen LogP contribution in [0.1, 0.15) is 57.6 Å². The summed E-state index contributed by atoms with van der Waals surface area (Å²) in [5.74, 6) is 1.55. The predicted octanol–water partition coefficient (Wildman–Crippen LogP) is 4.25. The lowest BCUT2D eigenvalue weighted by molar-refractivity contribution is 0.177. The van der Waals surface area contributed by atoms with E-state index in [0.29, 0.717) is 0 Å². The molecule has 0 spiro atoms. The highest BCUT2D eigenvalue weighted by Gasteiger charge is 2.35. The normalized spacial score (nSPS) is 32.4. The summed E-state index contributed by atoms with van der Waals surface area (Å²) in [5.41, 5.74) is 9.40. The van der Waals surface area contributed by atoms with Gasteiger partial charge in [0.15, 0.2) is 0 Å². The van der Waals surface area contributed by atoms with Crippen molar-refractivity contribution in [1.29, 1.82) is 0 Å². The minimum absolute atomic E-state index is 0.0876. The van der Waals surface area contributed by atoms with E-state index in [2.05, 4.69) is 45.0 Å². The van der Waals surface area contributed by atoms with Gasteiger partial charge in [0.1, 0.15) is 0 Å². The zero-order chi connectivity index (χ0) is 13.2. The third-order valence-corrected chi connectivity index (χ3v) is 4.74. The first-order chi connectivity index (χ1) is 8.55. The average Bonchev–Trinajstić information content (AvgIpc) is 2.35. The molecule has 3 unspecified atom stereocenters. The van der Waals surface area contributed by atoms with Gasteiger partial charge in [-0.05, 0) is 48.6 Å². The molecule has 1 nitrogen and oxygen atoms in total. The van der Waals surface area contributed by atoms with Crippen LogP contribution in [-0.4, -0.2) is 0 Å². The Labute approximate surface area is 112 Å². The highest BCUT2D eigenvalue weighted by molar-refractivity contribution is 5.30. The maximum atomic E-state index is 6.70. The molecule has 0 aliphatic heterocycles. The first-order valence-electron chi connectivity index (χ1n) is 7.43. The van der Waals surface area contributed by atoms with Gasteiger partial charge in [0.05, 0.1) is 0 Å². The maximum Gasteiger partial charge on any atom is 0.0412 e. The molecule has 0 amide bonds. The molecule has 0 radical (unpaired) electrons. The van der Waals surface area contributed by atoms with E-state index in [-0.39, 0.29) is 5.54 Å². The van der Waals surface area contributed by atoms with E-state index in [1.807, 2.05) is 0 Å². The average molecular weight is 245 g/mol. The summed E-state index contributed by atoms with van der Waals surface area (Å²) in [5, 5.41) is 0. The first kappa shape index (κ1) is 13.6. The van der Waals surface area contributed by atoms with Crippen molar-refractivity contribution in [2.75, 3.05) is 0 Å². The summed E-state index contributed by atoms with van der Waals surface area (Å²) in [6.07, 6.45) is 5.89. The van der Waals surface area contributed by atoms with Crippen LogP contribution in [0.25, 0.3) is 0 Å². The van der Waals surface area contributed by atoms with Gasteiger partial charge in [-0.25, -0.2) is 0 Å². The SMILES string of the molecule is CCCc1cccc(C2(N)CCC(C)C(C)C2)c1. The lowest BCUT2D eigenvalue weighted by Gasteiger charge is -2.40. The fraction of sp³-hybridized carbons (Fsp3) is 0.647. The highest BCUT2D eigenvalue weighted by Crippen LogP contribution is 2.40. The second-order valence-corrected chi connectivity index (χ2v) is 6.30. The Morgan fingerprint density at radius 1 is 1.28 bits per heavy atom. The number of aryl methyl sites for hydroxylation is 1. The maximum absolute atomic E-state index is 6.70. The van der Waals surface area contributed by atoms with E-state index in [1.165, 1.54) is 24.0 Å². The van der Waals surface area contributed by atoms with Crippen LogP contribution in [0.2, 0.25) is 0 Å². The van der Waals surface area contributed by atoms with Gasteiger partial charge >= 0.3 is 0 Å². The van der Waals surface area contributed by atoms with Gasteiger partial charge in [0.25, 0.3) is 0 Å². The van der Waals surface area contributed by atoms with Gasteiger partial charge in [0, 0.05) is 5.54 Å². The van der Waals surface area contributed by atoms with E-state index in [0.717, 1.165) is 31.1 Å². The van der Waals surface area contributed by atoms with E-state index >= 15 is 0 Å². The molecule has 2 rings (SSSR count). The third-order valence-electron chi connectivity index (χ3n) is 4.74. The quantitative estimate of drug-likeness (QED) is 0.846. The molecule has 1 aromatic carbocycles. The van der Waals surface area contributed by atoms with Gasteiger partial charge in [-0.2, -0.15) is 0 Å². The molecule has 1 heteroatoms. The molecule has 1 aromatic rings. The Balaban J connectivity index is 2.21. The minimum atomic E-state index is -0.0876. The number of hydrogen-bond acceptors (Lipinski definition) is 1. The van der Waals surface area contributed by atoms with Crippen LogP contribution in [0.15, 0.2) is 24.3 Å². The van der Waals surface area contributed by atoms with Crippen molar-refractivity contribution in [3.05, 3.63) is 35.4 Å². The minimum Gasteiger partial charge on any atom is -0.321 e. The van der Waals surface area contributed by atoms with Crippen LogP contribution in [0.5, 0.6) is 0 Å². The Morgan fingerprint density at radius 2 is 2.06 bits per heavy atom. The molecule has 3 atom stereocenters. The van der Waals surface area contributed by atoms with E-state index in [1.54, 1.807) is 0 Å². The number of nitrogens with two attached hydrogens (primary N) is 1. The van der Waals surface area contributed by atoms with Crippen molar-refractivity contribution < 1.29 is 0 Å². The lowest BCUT2D eigenvalue weighted by atomic mass is 9.69. The van der Waals surface area contributed by atoms with Crippen LogP contribution in [0.3, 0.4) is 0 Å². The smallest absolute Gasteiger partial charge is 0.0412 e. The van der Waals surface area contributed by atoms with Gasteiger partial charge < -0.3 is 5.73 Å². The van der Waals surface area contributed by atoms with Crippen LogP contribution >= 0.6 is 0 Å². The van der Waals surface area contributed by atoms with Crippen molar-refractivity contribution in [3.63, 3.8) is 0 Å². The monoisotopic (exact) mass is 245 g/mol. The van der Waals surface area contributed by atoms with Gasteiger partial charge in [-0.1, -0.05) is 51.5 Å². The van der Waals surface area contributed by atoms with Crippen molar-refractivity contribution in [3.8, 4) is 0 Å². The standard InChI is InChI=1S/C17H27N/c1-4-6-15-7-5-8-16(11-15)17(18)10-9-13(2)14(3)12-17/h5,7-8,11,13-14H,4,6,9-10,12,18H2,1-3H3. The van der Waals surface area contributed by atoms with Crippen molar-refractivity contribution in [1.82, 2.24) is 0 Å². The molecular formula is C17H27N. The van der Waals surface area contributed by atoms with Crippen LogP contribution in [0.4, 0.5) is 0 Å². The van der Waals surface area contributed by atoms with E-state index < -0.39 is 0 Å². The molecule has 0 bridgehead atoms. The van der Waals surface area contributed by atoms with Crippen LogP contribution < -0.4 is 5.73 Å². The molecule has 0 saturated heterocycles. The summed E-state index contributed by atoms with van der Waals surface area (Å²) >= 11 is 0. The number of hydrogen-bond donors (Lipinski definition) is 1. The Hall–Kier alpha value is -0.820. The molecular weight excluding hydrogens is 218 g/mol. The van der Waals surface area contributed by atoms with Gasteiger partial charge in [0.2, 0.25) is 0 Å². The molecule has 1 aliphatic carbocycles. The molecule has 1 aliphatic rings. The Kier molecular flexibility index (Phi) is 4.11. The Morgan fingerprint density at radius 3 is 2.72 bits per heavy atom. The van der Waals surface area contributed by atoms with Crippen LogP contribution in [0, 0.1) is 11.8 Å². The van der Waals surface area contributed by atoms with Crippen molar-refractivity contribution >= 4 is 0 Å². The summed E-state index contributed by atoms with van der Waals surface area (Å²) in [4.78, 5) is 0.